The number of amides is 1. The first-order chi connectivity index (χ1) is 11.6. The van der Waals surface area contributed by atoms with Crippen LogP contribution in [0.4, 0.5) is 11.4 Å². The molecule has 1 atom stereocenters. The summed E-state index contributed by atoms with van der Waals surface area (Å²) in [6.45, 7) is 0. The van der Waals surface area contributed by atoms with Crippen LogP contribution < -0.4 is 10.2 Å². The lowest BCUT2D eigenvalue weighted by Crippen LogP contribution is -2.23. The third-order valence-electron chi connectivity index (χ3n) is 4.79. The molecule has 1 amide bonds. The van der Waals surface area contributed by atoms with Crippen molar-refractivity contribution in [2.75, 3.05) is 24.3 Å². The number of hydrogen-bond donors (Lipinski definition) is 1. The van der Waals surface area contributed by atoms with Crippen LogP contribution in [0.25, 0.3) is 10.8 Å². The molecule has 0 saturated carbocycles. The van der Waals surface area contributed by atoms with Gasteiger partial charge in [-0.2, -0.15) is 0 Å². The third kappa shape index (κ3) is 2.42. The molecule has 0 fully saturated rings. The van der Waals surface area contributed by atoms with Gasteiger partial charge in [0.2, 0.25) is 5.91 Å². The molecule has 3 heteroatoms. The molecule has 1 N–H and O–H groups in total. The van der Waals surface area contributed by atoms with Crippen LogP contribution in [0, 0.1) is 0 Å². The summed E-state index contributed by atoms with van der Waals surface area (Å²) in [5, 5.41) is 5.46. The van der Waals surface area contributed by atoms with Crippen molar-refractivity contribution in [3.05, 3.63) is 71.8 Å². The van der Waals surface area contributed by atoms with Crippen LogP contribution >= 0.6 is 0 Å². The normalized spacial score (nSPS) is 16.6. The Morgan fingerprint density at radius 1 is 0.958 bits per heavy atom. The number of rotatable bonds is 2. The Kier molecular flexibility index (Phi) is 3.49. The summed E-state index contributed by atoms with van der Waals surface area (Å²) in [6.07, 6.45) is 0.488. The van der Waals surface area contributed by atoms with Crippen molar-refractivity contribution in [3.63, 3.8) is 0 Å². The Bertz CT molecular complexity index is 913. The lowest BCUT2D eigenvalue weighted by molar-refractivity contribution is -0.116. The van der Waals surface area contributed by atoms with E-state index in [0.717, 1.165) is 11.4 Å². The van der Waals surface area contributed by atoms with E-state index in [-0.39, 0.29) is 11.8 Å². The second-order valence-electron chi connectivity index (χ2n) is 6.54. The summed E-state index contributed by atoms with van der Waals surface area (Å²) in [6, 6.07) is 21.0. The van der Waals surface area contributed by atoms with Crippen molar-refractivity contribution in [2.45, 2.75) is 12.3 Å². The maximum Gasteiger partial charge on any atom is 0.225 e. The summed E-state index contributed by atoms with van der Waals surface area (Å²) in [4.78, 5) is 14.3. The van der Waals surface area contributed by atoms with Gasteiger partial charge in [-0.15, -0.1) is 0 Å². The van der Waals surface area contributed by atoms with Crippen molar-refractivity contribution in [3.8, 4) is 0 Å². The smallest absolute Gasteiger partial charge is 0.225 e. The molecular formula is C21H20N2O. The maximum absolute atomic E-state index is 12.2. The van der Waals surface area contributed by atoms with Gasteiger partial charge in [-0.1, -0.05) is 42.5 Å². The lowest BCUT2D eigenvalue weighted by atomic mass is 9.82. The molecule has 3 aromatic rings. The maximum atomic E-state index is 12.2. The summed E-state index contributed by atoms with van der Waals surface area (Å²) >= 11 is 0. The van der Waals surface area contributed by atoms with Crippen LogP contribution in [0.3, 0.4) is 0 Å². The van der Waals surface area contributed by atoms with Crippen molar-refractivity contribution < 1.29 is 4.79 Å². The molecule has 1 heterocycles. The van der Waals surface area contributed by atoms with E-state index in [1.54, 1.807) is 0 Å². The molecule has 0 unspecified atom stereocenters. The largest absolute Gasteiger partial charge is 0.378 e. The molecule has 0 bridgehead atoms. The number of carbonyl (C=O) groups excluding carboxylic acids is 1. The lowest BCUT2D eigenvalue weighted by Gasteiger charge is -2.28. The quantitative estimate of drug-likeness (QED) is 0.761. The molecular weight excluding hydrogens is 296 g/mol. The molecule has 0 aromatic heterocycles. The van der Waals surface area contributed by atoms with Gasteiger partial charge in [-0.25, -0.2) is 0 Å². The molecule has 0 radical (unpaired) electrons. The van der Waals surface area contributed by atoms with Gasteiger partial charge >= 0.3 is 0 Å². The molecule has 1 aliphatic rings. The highest BCUT2D eigenvalue weighted by Gasteiger charge is 2.28. The number of nitrogens with zero attached hydrogens (tertiary/aromatic N) is 1. The zero-order chi connectivity index (χ0) is 16.7. The first-order valence-electron chi connectivity index (χ1n) is 8.22. The number of fused-ring (bicyclic) bond motifs is 3. The second kappa shape index (κ2) is 5.68. The molecule has 24 heavy (non-hydrogen) atoms. The van der Waals surface area contributed by atoms with Crippen molar-refractivity contribution in [2.24, 2.45) is 0 Å². The monoisotopic (exact) mass is 316 g/mol. The van der Waals surface area contributed by atoms with Gasteiger partial charge in [0.1, 0.15) is 0 Å². The van der Waals surface area contributed by atoms with Crippen LogP contribution in [0.1, 0.15) is 23.5 Å². The van der Waals surface area contributed by atoms with Crippen LogP contribution in [0.5, 0.6) is 0 Å². The standard InChI is InChI=1S/C21H20N2O/c1-23(2)16-10-7-15(8-11-16)18-13-20(24)22-19-12-9-14-5-3-4-6-17(14)21(18)19/h3-12,18H,13H2,1-2H3,(H,22,24)/t18-/m0/s1. The van der Waals surface area contributed by atoms with E-state index in [1.165, 1.54) is 21.9 Å². The molecule has 0 saturated heterocycles. The first kappa shape index (κ1) is 14.8. The molecule has 1 aliphatic heterocycles. The third-order valence-corrected chi connectivity index (χ3v) is 4.79. The van der Waals surface area contributed by atoms with Crippen molar-refractivity contribution in [1.82, 2.24) is 0 Å². The SMILES string of the molecule is CN(C)c1ccc([C@@H]2CC(=O)Nc3ccc4ccccc4c32)cc1. The van der Waals surface area contributed by atoms with Gasteiger partial charge in [0, 0.05) is 37.8 Å². The molecule has 4 rings (SSSR count). The fourth-order valence-electron chi connectivity index (χ4n) is 3.56. The molecule has 0 spiro atoms. The summed E-state index contributed by atoms with van der Waals surface area (Å²) < 4.78 is 0. The van der Waals surface area contributed by atoms with Gasteiger partial charge in [-0.3, -0.25) is 4.79 Å². The second-order valence-corrected chi connectivity index (χ2v) is 6.54. The molecule has 120 valence electrons. The fourth-order valence-corrected chi connectivity index (χ4v) is 3.56. The van der Waals surface area contributed by atoms with Crippen LogP contribution in [0.15, 0.2) is 60.7 Å². The van der Waals surface area contributed by atoms with E-state index < -0.39 is 0 Å². The number of hydrogen-bond acceptors (Lipinski definition) is 2. The van der Waals surface area contributed by atoms with Crippen molar-refractivity contribution >= 4 is 28.1 Å². The molecule has 3 aromatic carbocycles. The van der Waals surface area contributed by atoms with Crippen LogP contribution in [-0.2, 0) is 4.79 Å². The van der Waals surface area contributed by atoms with E-state index in [1.807, 2.05) is 20.2 Å². The number of anilines is 2. The zero-order valence-corrected chi connectivity index (χ0v) is 13.9. The Labute approximate surface area is 141 Å². The van der Waals surface area contributed by atoms with Crippen molar-refractivity contribution in [1.29, 1.82) is 0 Å². The molecule has 0 aliphatic carbocycles. The van der Waals surface area contributed by atoms with Crippen LogP contribution in [-0.4, -0.2) is 20.0 Å². The Morgan fingerprint density at radius 3 is 2.46 bits per heavy atom. The average Bonchev–Trinajstić information content (AvgIpc) is 2.60. The van der Waals surface area contributed by atoms with E-state index >= 15 is 0 Å². The Balaban J connectivity index is 1.88. The predicted molar refractivity (Wildman–Crippen MR) is 99.8 cm³/mol. The summed E-state index contributed by atoms with van der Waals surface area (Å²) in [5.74, 6) is 0.176. The highest BCUT2D eigenvalue weighted by molar-refractivity contribution is 6.01. The van der Waals surface area contributed by atoms with E-state index in [0.29, 0.717) is 6.42 Å². The molecule has 3 nitrogen and oxygen atoms in total. The van der Waals surface area contributed by atoms with Crippen LogP contribution in [0.2, 0.25) is 0 Å². The minimum absolute atomic E-state index is 0.0828. The number of nitrogens with one attached hydrogen (secondary N) is 1. The minimum Gasteiger partial charge on any atom is -0.378 e. The van der Waals surface area contributed by atoms with Gasteiger partial charge in [0.05, 0.1) is 0 Å². The van der Waals surface area contributed by atoms with Gasteiger partial charge in [0.15, 0.2) is 0 Å². The van der Waals surface area contributed by atoms with Gasteiger partial charge in [-0.05, 0) is 40.1 Å². The van der Waals surface area contributed by atoms with E-state index in [4.69, 9.17) is 0 Å². The average molecular weight is 316 g/mol. The topological polar surface area (TPSA) is 32.3 Å². The fraction of sp³-hybridized carbons (Fsp3) is 0.190. The number of carbonyl (C=O) groups is 1. The van der Waals surface area contributed by atoms with Gasteiger partial charge < -0.3 is 10.2 Å². The predicted octanol–water partition coefficient (Wildman–Crippen LogP) is 4.38. The van der Waals surface area contributed by atoms with Gasteiger partial charge in [0.25, 0.3) is 0 Å². The summed E-state index contributed by atoms with van der Waals surface area (Å²) in [5.41, 5.74) is 4.52. The minimum atomic E-state index is 0.0828. The highest BCUT2D eigenvalue weighted by atomic mass is 16.1. The number of benzene rings is 3. The van der Waals surface area contributed by atoms with E-state index in [2.05, 4.69) is 64.8 Å². The first-order valence-corrected chi connectivity index (χ1v) is 8.22. The Hall–Kier alpha value is -2.81. The Morgan fingerprint density at radius 2 is 1.71 bits per heavy atom. The highest BCUT2D eigenvalue weighted by Crippen LogP contribution is 2.41. The summed E-state index contributed by atoms with van der Waals surface area (Å²) in [7, 11) is 4.07. The zero-order valence-electron chi connectivity index (χ0n) is 13.9. The van der Waals surface area contributed by atoms with E-state index in [9.17, 15) is 4.79 Å².